The highest BCUT2D eigenvalue weighted by molar-refractivity contribution is 5.87. The summed E-state index contributed by atoms with van der Waals surface area (Å²) in [6, 6.07) is 3.92. The van der Waals surface area contributed by atoms with E-state index in [2.05, 4.69) is 0 Å². The van der Waals surface area contributed by atoms with E-state index in [4.69, 9.17) is 23.7 Å². The number of carbonyl (C=O) groups excluding carboxylic acids is 1. The summed E-state index contributed by atoms with van der Waals surface area (Å²) in [6.07, 6.45) is -7.93. The molecule has 0 spiro atoms. The van der Waals surface area contributed by atoms with Gasteiger partial charge in [-0.25, -0.2) is 4.79 Å². The Morgan fingerprint density at radius 1 is 1.11 bits per heavy atom. The number of phenolic OH excluding ortho intramolecular Hbond substituents is 2. The Labute approximate surface area is 206 Å². The van der Waals surface area contributed by atoms with Crippen LogP contribution in [0, 0.1) is 0 Å². The third-order valence-corrected chi connectivity index (χ3v) is 5.68. The monoisotopic (exact) mass is 516 g/mol. The van der Waals surface area contributed by atoms with Crippen LogP contribution >= 0.6 is 0 Å². The van der Waals surface area contributed by atoms with Crippen molar-refractivity contribution in [2.75, 3.05) is 19.8 Å². The third kappa shape index (κ3) is 6.70. The molecule has 202 valence electrons. The highest BCUT2D eigenvalue weighted by atomic mass is 16.7. The van der Waals surface area contributed by atoms with E-state index < -0.39 is 67.9 Å². The number of benzene rings is 1. The normalized spacial score (nSPS) is 34.9. The van der Waals surface area contributed by atoms with Crippen LogP contribution in [-0.4, -0.2) is 116 Å². The first-order valence-corrected chi connectivity index (χ1v) is 11.3. The molecule has 13 heteroatoms. The lowest BCUT2D eigenvalue weighted by atomic mass is 9.99. The van der Waals surface area contributed by atoms with Crippen LogP contribution in [0.25, 0.3) is 6.08 Å². The van der Waals surface area contributed by atoms with Crippen molar-refractivity contribution in [1.29, 1.82) is 0 Å². The second kappa shape index (κ2) is 11.8. The van der Waals surface area contributed by atoms with Gasteiger partial charge in [0.2, 0.25) is 0 Å². The largest absolute Gasteiger partial charge is 0.504 e. The molecule has 0 aromatic heterocycles. The van der Waals surface area contributed by atoms with Crippen molar-refractivity contribution in [1.82, 2.24) is 0 Å². The number of phenols is 2. The molecule has 2 aliphatic heterocycles. The van der Waals surface area contributed by atoms with Gasteiger partial charge in [0.25, 0.3) is 0 Å². The van der Waals surface area contributed by atoms with Crippen molar-refractivity contribution in [2.24, 2.45) is 0 Å². The van der Waals surface area contributed by atoms with Crippen LogP contribution in [0.4, 0.5) is 0 Å². The Morgan fingerprint density at radius 2 is 1.83 bits per heavy atom. The van der Waals surface area contributed by atoms with E-state index in [1.807, 2.05) is 0 Å². The maximum atomic E-state index is 12.0. The van der Waals surface area contributed by atoms with E-state index >= 15 is 0 Å². The first-order valence-electron chi connectivity index (χ1n) is 11.3. The molecule has 2 heterocycles. The summed E-state index contributed by atoms with van der Waals surface area (Å²) in [5.41, 5.74) is -1.58. The van der Waals surface area contributed by atoms with Crippen molar-refractivity contribution in [3.63, 3.8) is 0 Å². The average molecular weight is 516 g/mol. The molecular formula is C23H32O13. The van der Waals surface area contributed by atoms with Gasteiger partial charge in [-0.2, -0.15) is 0 Å². The zero-order valence-corrected chi connectivity index (χ0v) is 19.7. The Morgan fingerprint density at radius 3 is 2.50 bits per heavy atom. The number of aromatic hydroxyl groups is 2. The molecule has 2 saturated heterocycles. The number of hydrogen-bond donors (Lipinski definition) is 7. The Kier molecular flexibility index (Phi) is 9.27. The average Bonchev–Trinajstić information content (AvgIpc) is 3.11. The minimum absolute atomic E-state index is 0.314. The fourth-order valence-corrected chi connectivity index (χ4v) is 3.60. The lowest BCUT2D eigenvalue weighted by Gasteiger charge is -2.41. The summed E-state index contributed by atoms with van der Waals surface area (Å²) in [5, 5.41) is 70.2. The van der Waals surface area contributed by atoms with Gasteiger partial charge in [-0.05, 0) is 37.6 Å². The topological polar surface area (TPSA) is 205 Å². The first-order chi connectivity index (χ1) is 16.9. The molecular weight excluding hydrogens is 484 g/mol. The van der Waals surface area contributed by atoms with Crippen molar-refractivity contribution in [2.45, 2.75) is 68.7 Å². The van der Waals surface area contributed by atoms with E-state index in [1.165, 1.54) is 24.3 Å². The van der Waals surface area contributed by atoms with Gasteiger partial charge in [-0.15, -0.1) is 0 Å². The van der Waals surface area contributed by atoms with Gasteiger partial charge in [0, 0.05) is 6.08 Å². The third-order valence-electron chi connectivity index (χ3n) is 5.68. The van der Waals surface area contributed by atoms with Crippen molar-refractivity contribution in [3.05, 3.63) is 29.8 Å². The highest BCUT2D eigenvalue weighted by Crippen LogP contribution is 2.29. The van der Waals surface area contributed by atoms with Gasteiger partial charge in [0.05, 0.1) is 19.3 Å². The number of aliphatic hydroxyl groups excluding tert-OH is 4. The maximum Gasteiger partial charge on any atom is 0.330 e. The van der Waals surface area contributed by atoms with Crippen LogP contribution < -0.4 is 0 Å². The van der Waals surface area contributed by atoms with Crippen LogP contribution in [0.3, 0.4) is 0 Å². The molecule has 0 bridgehead atoms. The summed E-state index contributed by atoms with van der Waals surface area (Å²) in [4.78, 5) is 12.0. The maximum absolute atomic E-state index is 12.0. The van der Waals surface area contributed by atoms with E-state index in [-0.39, 0.29) is 24.2 Å². The Bertz CT molecular complexity index is 921. The molecule has 8 unspecified atom stereocenters. The predicted molar refractivity (Wildman–Crippen MR) is 119 cm³/mol. The van der Waals surface area contributed by atoms with Crippen molar-refractivity contribution >= 4 is 12.0 Å². The van der Waals surface area contributed by atoms with Gasteiger partial charge in [-0.3, -0.25) is 0 Å². The summed E-state index contributed by atoms with van der Waals surface area (Å²) in [5.74, 6) is -1.53. The zero-order chi connectivity index (χ0) is 26.6. The number of esters is 1. The van der Waals surface area contributed by atoms with E-state index in [9.17, 15) is 40.5 Å². The standard InChI is InChI=1S/C23H32O13/c1-11(2)35-21-19(29)18(28)17(27)15(36-21)8-32-22-20(30)23(31,10-34-22)9-33-16(26)6-4-12-3-5-13(24)14(25)7-12/h3-7,11,15,17-22,24-25,27-31H,8-10H2,1-2H3. The molecule has 1 aromatic carbocycles. The summed E-state index contributed by atoms with van der Waals surface area (Å²) >= 11 is 0. The number of rotatable bonds is 9. The molecule has 0 aliphatic carbocycles. The molecule has 0 radical (unpaired) electrons. The predicted octanol–water partition coefficient (Wildman–Crippen LogP) is -1.65. The molecule has 7 N–H and O–H groups in total. The molecule has 36 heavy (non-hydrogen) atoms. The molecule has 0 saturated carbocycles. The second-order valence-corrected chi connectivity index (χ2v) is 8.95. The first kappa shape index (κ1) is 28.2. The van der Waals surface area contributed by atoms with Crippen molar-refractivity contribution < 1.29 is 64.2 Å². The number of ether oxygens (including phenoxy) is 5. The van der Waals surface area contributed by atoms with Crippen LogP contribution in [0.1, 0.15) is 19.4 Å². The highest BCUT2D eigenvalue weighted by Gasteiger charge is 2.51. The van der Waals surface area contributed by atoms with Gasteiger partial charge in [0.15, 0.2) is 29.7 Å². The van der Waals surface area contributed by atoms with Crippen LogP contribution in [0.2, 0.25) is 0 Å². The molecule has 2 fully saturated rings. The Hall–Kier alpha value is -2.33. The number of hydrogen-bond acceptors (Lipinski definition) is 13. The lowest BCUT2D eigenvalue weighted by molar-refractivity contribution is -0.316. The van der Waals surface area contributed by atoms with E-state index in [1.54, 1.807) is 13.8 Å². The fraction of sp³-hybridized carbons (Fsp3) is 0.609. The molecule has 1 aromatic rings. The summed E-state index contributed by atoms with van der Waals surface area (Å²) in [6.45, 7) is 1.95. The van der Waals surface area contributed by atoms with Crippen LogP contribution in [-0.2, 0) is 28.5 Å². The fourth-order valence-electron chi connectivity index (χ4n) is 3.60. The zero-order valence-electron chi connectivity index (χ0n) is 19.7. The van der Waals surface area contributed by atoms with E-state index in [0.717, 1.165) is 6.08 Å². The van der Waals surface area contributed by atoms with Gasteiger partial charge < -0.3 is 59.4 Å². The van der Waals surface area contributed by atoms with Crippen LogP contribution in [0.5, 0.6) is 11.5 Å². The molecule has 3 rings (SSSR count). The molecule has 2 aliphatic rings. The van der Waals surface area contributed by atoms with Crippen molar-refractivity contribution in [3.8, 4) is 11.5 Å². The quantitative estimate of drug-likeness (QED) is 0.112. The number of carbonyl (C=O) groups is 1. The molecule has 13 nitrogen and oxygen atoms in total. The molecule has 0 amide bonds. The summed E-state index contributed by atoms with van der Waals surface area (Å²) < 4.78 is 26.6. The minimum atomic E-state index is -1.99. The summed E-state index contributed by atoms with van der Waals surface area (Å²) in [7, 11) is 0. The van der Waals surface area contributed by atoms with Gasteiger partial charge in [0.1, 0.15) is 37.1 Å². The minimum Gasteiger partial charge on any atom is -0.504 e. The smallest absolute Gasteiger partial charge is 0.330 e. The van der Waals surface area contributed by atoms with Gasteiger partial charge >= 0.3 is 5.97 Å². The lowest BCUT2D eigenvalue weighted by Crippen LogP contribution is -2.60. The van der Waals surface area contributed by atoms with Crippen LogP contribution in [0.15, 0.2) is 24.3 Å². The SMILES string of the molecule is CC(C)OC1OC(COC2OCC(O)(COC(=O)C=Cc3ccc(O)c(O)c3)C2O)C(O)C(O)C1O. The van der Waals surface area contributed by atoms with E-state index in [0.29, 0.717) is 5.56 Å². The number of aliphatic hydroxyl groups is 5. The van der Waals surface area contributed by atoms with Gasteiger partial charge in [-0.1, -0.05) is 6.07 Å². The Balaban J connectivity index is 1.50. The second-order valence-electron chi connectivity index (χ2n) is 8.95. The molecule has 8 atom stereocenters.